The van der Waals surface area contributed by atoms with Crippen LogP contribution in [0.25, 0.3) is 10.7 Å². The third-order valence-corrected chi connectivity index (χ3v) is 3.99. The highest BCUT2D eigenvalue weighted by Gasteiger charge is 2.14. The van der Waals surface area contributed by atoms with Crippen molar-refractivity contribution in [1.29, 1.82) is 0 Å². The first kappa shape index (κ1) is 14.0. The average Bonchev–Trinajstić information content (AvgIpc) is 3.20. The van der Waals surface area contributed by atoms with Crippen molar-refractivity contribution >= 4 is 11.3 Å². The Labute approximate surface area is 126 Å². The summed E-state index contributed by atoms with van der Waals surface area (Å²) in [7, 11) is 0. The van der Waals surface area contributed by atoms with Crippen LogP contribution in [-0.2, 0) is 11.3 Å². The highest BCUT2D eigenvalue weighted by Crippen LogP contribution is 2.21. The van der Waals surface area contributed by atoms with Crippen molar-refractivity contribution in [2.45, 2.75) is 26.5 Å². The van der Waals surface area contributed by atoms with Gasteiger partial charge in [-0.15, -0.1) is 11.3 Å². The van der Waals surface area contributed by atoms with Crippen LogP contribution in [0.15, 0.2) is 29.9 Å². The van der Waals surface area contributed by atoms with Crippen molar-refractivity contribution in [3.63, 3.8) is 0 Å². The number of nitrogens with one attached hydrogen (secondary N) is 1. The van der Waals surface area contributed by atoms with Gasteiger partial charge in [-0.2, -0.15) is 5.10 Å². The van der Waals surface area contributed by atoms with Gasteiger partial charge in [0.2, 0.25) is 0 Å². The third-order valence-electron chi connectivity index (χ3n) is 3.12. The van der Waals surface area contributed by atoms with Gasteiger partial charge in [0, 0.05) is 19.0 Å². The van der Waals surface area contributed by atoms with Crippen LogP contribution in [0.2, 0.25) is 0 Å². The highest BCUT2D eigenvalue weighted by atomic mass is 32.1. The van der Waals surface area contributed by atoms with Gasteiger partial charge in [0.15, 0.2) is 5.82 Å². The summed E-state index contributed by atoms with van der Waals surface area (Å²) in [4.78, 5) is 9.96. The molecule has 21 heavy (non-hydrogen) atoms. The van der Waals surface area contributed by atoms with Gasteiger partial charge in [0.25, 0.3) is 0 Å². The lowest BCUT2D eigenvalue weighted by Crippen LogP contribution is -2.11. The largest absolute Gasteiger partial charge is 0.371 e. The van der Waals surface area contributed by atoms with E-state index in [0.717, 1.165) is 22.4 Å². The number of H-pyrrole nitrogens is 1. The van der Waals surface area contributed by atoms with E-state index in [9.17, 15) is 0 Å². The summed E-state index contributed by atoms with van der Waals surface area (Å²) < 4.78 is 7.63. The smallest absolute Gasteiger partial charge is 0.191 e. The monoisotopic (exact) mass is 303 g/mol. The van der Waals surface area contributed by atoms with Crippen LogP contribution in [-0.4, -0.2) is 31.3 Å². The summed E-state index contributed by atoms with van der Waals surface area (Å²) in [5.74, 6) is 2.44. The van der Waals surface area contributed by atoms with Crippen molar-refractivity contribution < 1.29 is 4.74 Å². The second kappa shape index (κ2) is 6.19. The van der Waals surface area contributed by atoms with Crippen molar-refractivity contribution in [2.24, 2.45) is 0 Å². The van der Waals surface area contributed by atoms with Crippen molar-refractivity contribution in [1.82, 2.24) is 24.7 Å². The number of rotatable bonds is 6. The molecule has 3 heterocycles. The predicted octanol–water partition coefficient (Wildman–Crippen LogP) is 2.88. The standard InChI is InChI=1S/C14H17N5OS/c1-3-20-10(2)14-15-6-7-19(14)9-12-16-13(18-17-12)11-5-4-8-21-11/h4-8,10H,3,9H2,1-2H3,(H,16,17,18)/t10-/m1/s1. The fourth-order valence-corrected chi connectivity index (χ4v) is 2.84. The number of imidazole rings is 1. The van der Waals surface area contributed by atoms with Gasteiger partial charge in [0.05, 0.1) is 11.4 Å². The highest BCUT2D eigenvalue weighted by molar-refractivity contribution is 7.13. The molecule has 3 aromatic rings. The van der Waals surface area contributed by atoms with E-state index in [4.69, 9.17) is 4.74 Å². The van der Waals surface area contributed by atoms with Gasteiger partial charge in [-0.3, -0.25) is 5.10 Å². The molecule has 110 valence electrons. The SMILES string of the molecule is CCO[C@H](C)c1nccn1Cc1nc(-c2cccs2)n[nH]1. The van der Waals surface area contributed by atoms with Crippen LogP contribution in [0.5, 0.6) is 0 Å². The minimum Gasteiger partial charge on any atom is -0.371 e. The van der Waals surface area contributed by atoms with Gasteiger partial charge in [-0.05, 0) is 25.3 Å². The number of ether oxygens (including phenoxy) is 1. The molecule has 0 spiro atoms. The van der Waals surface area contributed by atoms with Crippen LogP contribution in [0.1, 0.15) is 31.6 Å². The van der Waals surface area contributed by atoms with E-state index in [0.29, 0.717) is 13.2 Å². The molecule has 0 aliphatic heterocycles. The van der Waals surface area contributed by atoms with Gasteiger partial charge in [0.1, 0.15) is 17.8 Å². The molecule has 6 nitrogen and oxygen atoms in total. The molecule has 0 fully saturated rings. The zero-order valence-corrected chi connectivity index (χ0v) is 12.8. The number of nitrogens with zero attached hydrogens (tertiary/aromatic N) is 4. The average molecular weight is 303 g/mol. The molecule has 0 aliphatic rings. The first-order valence-electron chi connectivity index (χ1n) is 6.85. The van der Waals surface area contributed by atoms with Gasteiger partial charge >= 0.3 is 0 Å². The van der Waals surface area contributed by atoms with Gasteiger partial charge in [-0.1, -0.05) is 6.07 Å². The van der Waals surface area contributed by atoms with Crippen LogP contribution in [0.4, 0.5) is 0 Å². The van der Waals surface area contributed by atoms with Gasteiger partial charge < -0.3 is 9.30 Å². The molecule has 3 aromatic heterocycles. The summed E-state index contributed by atoms with van der Waals surface area (Å²) in [6.45, 7) is 5.25. The molecule has 1 atom stereocenters. The molecule has 0 saturated carbocycles. The van der Waals surface area contributed by atoms with Crippen molar-refractivity contribution in [3.8, 4) is 10.7 Å². The zero-order chi connectivity index (χ0) is 14.7. The van der Waals surface area contributed by atoms with Crippen molar-refractivity contribution in [3.05, 3.63) is 41.6 Å². The summed E-state index contributed by atoms with van der Waals surface area (Å²) in [5, 5.41) is 9.26. The maximum Gasteiger partial charge on any atom is 0.191 e. The Balaban J connectivity index is 1.77. The molecule has 0 saturated heterocycles. The maximum absolute atomic E-state index is 5.60. The molecule has 7 heteroatoms. The Hall–Kier alpha value is -1.99. The van der Waals surface area contributed by atoms with E-state index in [1.165, 1.54) is 0 Å². The Bertz CT molecular complexity index is 688. The lowest BCUT2D eigenvalue weighted by atomic mass is 10.3. The summed E-state index contributed by atoms with van der Waals surface area (Å²) in [5.41, 5.74) is 0. The molecule has 0 amide bonds. The van der Waals surface area contributed by atoms with E-state index in [2.05, 4.69) is 20.2 Å². The number of hydrogen-bond donors (Lipinski definition) is 1. The molecule has 0 bridgehead atoms. The Kier molecular flexibility index (Phi) is 4.12. The number of aromatic amines is 1. The number of aromatic nitrogens is 5. The molecule has 0 unspecified atom stereocenters. The predicted molar refractivity (Wildman–Crippen MR) is 81.1 cm³/mol. The Morgan fingerprint density at radius 3 is 3.14 bits per heavy atom. The minimum absolute atomic E-state index is 0.0373. The molecule has 1 N–H and O–H groups in total. The van der Waals surface area contributed by atoms with Crippen LogP contribution in [0, 0.1) is 0 Å². The quantitative estimate of drug-likeness (QED) is 0.760. The molecular weight excluding hydrogens is 286 g/mol. The lowest BCUT2D eigenvalue weighted by Gasteiger charge is -2.12. The topological polar surface area (TPSA) is 68.6 Å². The van der Waals surface area contributed by atoms with E-state index in [-0.39, 0.29) is 6.10 Å². The van der Waals surface area contributed by atoms with E-state index >= 15 is 0 Å². The number of thiophene rings is 1. The van der Waals surface area contributed by atoms with E-state index in [1.54, 1.807) is 17.5 Å². The molecule has 0 aromatic carbocycles. The molecule has 0 aliphatic carbocycles. The van der Waals surface area contributed by atoms with E-state index in [1.807, 2.05) is 42.1 Å². The first-order chi connectivity index (χ1) is 10.3. The second-order valence-electron chi connectivity index (χ2n) is 4.59. The Morgan fingerprint density at radius 1 is 1.48 bits per heavy atom. The summed E-state index contributed by atoms with van der Waals surface area (Å²) >= 11 is 1.63. The first-order valence-corrected chi connectivity index (χ1v) is 7.73. The van der Waals surface area contributed by atoms with Crippen LogP contribution >= 0.6 is 11.3 Å². The van der Waals surface area contributed by atoms with Gasteiger partial charge in [-0.25, -0.2) is 9.97 Å². The minimum atomic E-state index is -0.0373. The lowest BCUT2D eigenvalue weighted by molar-refractivity contribution is 0.0677. The maximum atomic E-state index is 5.60. The van der Waals surface area contributed by atoms with Crippen molar-refractivity contribution in [2.75, 3.05) is 6.61 Å². The number of hydrogen-bond acceptors (Lipinski definition) is 5. The van der Waals surface area contributed by atoms with Crippen LogP contribution < -0.4 is 0 Å². The zero-order valence-electron chi connectivity index (χ0n) is 12.0. The van der Waals surface area contributed by atoms with E-state index < -0.39 is 0 Å². The molecule has 0 radical (unpaired) electrons. The molecule has 3 rings (SSSR count). The summed E-state index contributed by atoms with van der Waals surface area (Å²) in [6, 6.07) is 4.01. The fraction of sp³-hybridized carbons (Fsp3) is 0.357. The molecular formula is C14H17N5OS. The normalized spacial score (nSPS) is 12.7. The second-order valence-corrected chi connectivity index (χ2v) is 5.54. The third kappa shape index (κ3) is 3.03. The Morgan fingerprint density at radius 2 is 2.38 bits per heavy atom. The fourth-order valence-electron chi connectivity index (χ4n) is 2.18. The van der Waals surface area contributed by atoms with Crippen LogP contribution in [0.3, 0.4) is 0 Å². The summed E-state index contributed by atoms with van der Waals surface area (Å²) in [6.07, 6.45) is 3.67.